The zero-order valence-electron chi connectivity index (χ0n) is 22.6. The van der Waals surface area contributed by atoms with E-state index in [0.29, 0.717) is 17.7 Å². The maximum absolute atomic E-state index is 12.7. The molecule has 204 valence electrons. The number of H-pyrrole nitrogens is 1. The number of carbonyl (C=O) groups is 2. The van der Waals surface area contributed by atoms with E-state index in [9.17, 15) is 14.7 Å². The number of carboxylic acids is 1. The lowest BCUT2D eigenvalue weighted by molar-refractivity contribution is 0.0487. The van der Waals surface area contributed by atoms with Gasteiger partial charge in [0.15, 0.2) is 0 Å². The third-order valence-corrected chi connectivity index (χ3v) is 6.44. The van der Waals surface area contributed by atoms with Gasteiger partial charge in [-0.05, 0) is 85.7 Å². The number of alkyl carbamates (subject to hydrolysis) is 1. The van der Waals surface area contributed by atoms with E-state index in [1.165, 1.54) is 6.07 Å². The lowest BCUT2D eigenvalue weighted by Gasteiger charge is -2.24. The molecule has 3 N–H and O–H groups in total. The molecule has 0 saturated carbocycles. The number of ether oxygens (including phenoxy) is 2. The highest BCUT2D eigenvalue weighted by Crippen LogP contribution is 2.29. The highest BCUT2D eigenvalue weighted by molar-refractivity contribution is 5.92. The lowest BCUT2D eigenvalue weighted by atomic mass is 10.00. The molecule has 0 saturated heterocycles. The van der Waals surface area contributed by atoms with Gasteiger partial charge in [-0.2, -0.15) is 0 Å². The Bertz CT molecular complexity index is 1690. The Kier molecular flexibility index (Phi) is 7.42. The van der Waals surface area contributed by atoms with E-state index in [1.54, 1.807) is 39.2 Å². The summed E-state index contributed by atoms with van der Waals surface area (Å²) in [5.74, 6) is -0.668. The van der Waals surface area contributed by atoms with Gasteiger partial charge in [0.05, 0.1) is 11.6 Å². The maximum Gasteiger partial charge on any atom is 0.408 e. The average Bonchev–Trinajstić information content (AvgIpc) is 3.33. The molecule has 2 aromatic heterocycles. The molecule has 0 aliphatic carbocycles. The topological polar surface area (TPSA) is 114 Å². The largest absolute Gasteiger partial charge is 0.491 e. The number of nitrogens with one attached hydrogen (secondary N) is 2. The zero-order valence-corrected chi connectivity index (χ0v) is 22.6. The standard InChI is InChI=1S/C32H31N3O5/c1-32(2,3)40-31(38)35-26(14-25-18-34-29-7-5-4-6-28(25)29)19-39-27-15-23(13-24(16-27)30(36)37)20-8-9-22-17-33-11-10-21(22)12-20/h4-13,15-18,26,34H,14,19H2,1-3H3,(H,35,38)(H,36,37)/t26-/m0/s1. The second-order valence-electron chi connectivity index (χ2n) is 10.7. The molecule has 0 radical (unpaired) electrons. The highest BCUT2D eigenvalue weighted by Gasteiger charge is 2.22. The van der Waals surface area contributed by atoms with E-state index in [4.69, 9.17) is 9.47 Å². The number of aromatic amines is 1. The Morgan fingerprint density at radius 3 is 2.62 bits per heavy atom. The summed E-state index contributed by atoms with van der Waals surface area (Å²) in [5, 5.41) is 15.8. The Morgan fingerprint density at radius 2 is 1.82 bits per heavy atom. The first kappa shape index (κ1) is 26.7. The van der Waals surface area contributed by atoms with Gasteiger partial charge in [-0.25, -0.2) is 9.59 Å². The van der Waals surface area contributed by atoms with Crippen LogP contribution in [0.4, 0.5) is 4.79 Å². The van der Waals surface area contributed by atoms with Crippen molar-refractivity contribution in [1.82, 2.24) is 15.3 Å². The Hall–Kier alpha value is -4.85. The highest BCUT2D eigenvalue weighted by atomic mass is 16.6. The number of aromatic nitrogens is 2. The average molecular weight is 538 g/mol. The van der Waals surface area contributed by atoms with Gasteiger partial charge in [0.1, 0.15) is 18.0 Å². The van der Waals surface area contributed by atoms with Gasteiger partial charge in [0.2, 0.25) is 0 Å². The van der Waals surface area contributed by atoms with Crippen LogP contribution in [0.2, 0.25) is 0 Å². The van der Waals surface area contributed by atoms with Crippen molar-refractivity contribution in [2.75, 3.05) is 6.61 Å². The number of fused-ring (bicyclic) bond motifs is 2. The second-order valence-corrected chi connectivity index (χ2v) is 10.7. The summed E-state index contributed by atoms with van der Waals surface area (Å²) in [7, 11) is 0. The summed E-state index contributed by atoms with van der Waals surface area (Å²) < 4.78 is 11.6. The Balaban J connectivity index is 1.42. The third-order valence-electron chi connectivity index (χ3n) is 6.44. The molecule has 40 heavy (non-hydrogen) atoms. The molecule has 0 fully saturated rings. The molecule has 2 heterocycles. The first-order chi connectivity index (χ1) is 19.1. The predicted molar refractivity (Wildman–Crippen MR) is 155 cm³/mol. The zero-order chi connectivity index (χ0) is 28.3. The summed E-state index contributed by atoms with van der Waals surface area (Å²) in [5.41, 5.74) is 3.04. The molecule has 0 unspecified atom stereocenters. The van der Waals surface area contributed by atoms with E-state index in [1.807, 2.05) is 60.8 Å². The number of pyridine rings is 1. The minimum absolute atomic E-state index is 0.102. The number of hydrogen-bond acceptors (Lipinski definition) is 5. The van der Waals surface area contributed by atoms with Crippen molar-refractivity contribution in [3.63, 3.8) is 0 Å². The van der Waals surface area contributed by atoms with Crippen molar-refractivity contribution < 1.29 is 24.2 Å². The number of rotatable bonds is 8. The SMILES string of the molecule is CC(C)(C)OC(=O)N[C@H](COc1cc(C(=O)O)cc(-c2ccc3cnccc3c2)c1)Cc1c[nH]c2ccccc12. The Labute approximate surface area is 232 Å². The number of hydrogen-bond donors (Lipinski definition) is 3. The van der Waals surface area contributed by atoms with E-state index in [0.717, 1.165) is 32.8 Å². The molecule has 1 amide bonds. The van der Waals surface area contributed by atoms with Gasteiger partial charge in [0, 0.05) is 34.9 Å². The quantitative estimate of drug-likeness (QED) is 0.206. The van der Waals surface area contributed by atoms with Gasteiger partial charge in [0.25, 0.3) is 0 Å². The van der Waals surface area contributed by atoms with Crippen LogP contribution in [0.5, 0.6) is 5.75 Å². The van der Waals surface area contributed by atoms with E-state index < -0.39 is 23.7 Å². The number of nitrogens with zero attached hydrogens (tertiary/aromatic N) is 1. The van der Waals surface area contributed by atoms with Crippen LogP contribution in [0, 0.1) is 0 Å². The van der Waals surface area contributed by atoms with Crippen LogP contribution >= 0.6 is 0 Å². The molecule has 0 aliphatic heterocycles. The molecule has 3 aromatic carbocycles. The summed E-state index contributed by atoms with van der Waals surface area (Å²) in [6.45, 7) is 5.52. The molecule has 8 heteroatoms. The fourth-order valence-electron chi connectivity index (χ4n) is 4.62. The fraction of sp³-hybridized carbons (Fsp3) is 0.219. The van der Waals surface area contributed by atoms with Crippen molar-refractivity contribution in [1.29, 1.82) is 0 Å². The van der Waals surface area contributed by atoms with Crippen LogP contribution in [0.1, 0.15) is 36.7 Å². The van der Waals surface area contributed by atoms with Crippen molar-refractivity contribution in [2.24, 2.45) is 0 Å². The summed E-state index contributed by atoms with van der Waals surface area (Å²) in [6.07, 6.45) is 5.36. The van der Waals surface area contributed by atoms with E-state index in [-0.39, 0.29) is 12.2 Å². The van der Waals surface area contributed by atoms with Crippen LogP contribution in [0.15, 0.2) is 85.3 Å². The molecule has 0 bridgehead atoms. The normalized spacial score (nSPS) is 12.3. The van der Waals surface area contributed by atoms with Gasteiger partial charge in [-0.1, -0.05) is 30.3 Å². The number of amides is 1. The monoisotopic (exact) mass is 537 g/mol. The molecule has 0 spiro atoms. The van der Waals surface area contributed by atoms with Crippen LogP contribution in [0.25, 0.3) is 32.8 Å². The maximum atomic E-state index is 12.7. The van der Waals surface area contributed by atoms with Crippen LogP contribution in [-0.4, -0.2) is 45.4 Å². The number of carboxylic acid groups (broad SMARTS) is 1. The molecule has 8 nitrogen and oxygen atoms in total. The lowest BCUT2D eigenvalue weighted by Crippen LogP contribution is -2.43. The van der Waals surface area contributed by atoms with Crippen LogP contribution < -0.4 is 10.1 Å². The summed E-state index contributed by atoms with van der Waals surface area (Å²) in [4.78, 5) is 32.1. The van der Waals surface area contributed by atoms with Crippen molar-refractivity contribution in [2.45, 2.75) is 38.8 Å². The molecule has 0 aliphatic rings. The predicted octanol–water partition coefficient (Wildman–Crippen LogP) is 6.60. The third kappa shape index (κ3) is 6.40. The van der Waals surface area contributed by atoms with Gasteiger partial charge in [-0.15, -0.1) is 0 Å². The van der Waals surface area contributed by atoms with Crippen LogP contribution in [0.3, 0.4) is 0 Å². The summed E-state index contributed by atoms with van der Waals surface area (Å²) >= 11 is 0. The number of aromatic carboxylic acids is 1. The summed E-state index contributed by atoms with van der Waals surface area (Å²) in [6, 6.07) is 20.2. The van der Waals surface area contributed by atoms with Crippen molar-refractivity contribution in [3.8, 4) is 16.9 Å². The van der Waals surface area contributed by atoms with Crippen molar-refractivity contribution in [3.05, 3.63) is 96.4 Å². The second kappa shape index (κ2) is 11.1. The number of para-hydroxylation sites is 1. The number of benzene rings is 3. The van der Waals surface area contributed by atoms with Crippen molar-refractivity contribution >= 4 is 33.7 Å². The molecule has 5 rings (SSSR count). The first-order valence-electron chi connectivity index (χ1n) is 13.0. The fourth-order valence-corrected chi connectivity index (χ4v) is 4.62. The minimum Gasteiger partial charge on any atom is -0.491 e. The van der Waals surface area contributed by atoms with Gasteiger partial charge < -0.3 is 24.9 Å². The van der Waals surface area contributed by atoms with Gasteiger partial charge in [-0.3, -0.25) is 4.98 Å². The van der Waals surface area contributed by atoms with Crippen LogP contribution in [-0.2, 0) is 11.2 Å². The molecular formula is C32H31N3O5. The number of carbonyl (C=O) groups excluding carboxylic acids is 1. The Morgan fingerprint density at radius 1 is 1.00 bits per heavy atom. The van der Waals surface area contributed by atoms with E-state index >= 15 is 0 Å². The molecular weight excluding hydrogens is 506 g/mol. The van der Waals surface area contributed by atoms with E-state index in [2.05, 4.69) is 15.3 Å². The first-order valence-corrected chi connectivity index (χ1v) is 13.0. The molecule has 5 aromatic rings. The van der Waals surface area contributed by atoms with Gasteiger partial charge >= 0.3 is 12.1 Å². The minimum atomic E-state index is -1.06. The smallest absolute Gasteiger partial charge is 0.408 e. The molecule has 1 atom stereocenters.